The van der Waals surface area contributed by atoms with Gasteiger partial charge >= 0.3 is 12.2 Å². The molecule has 8 nitrogen and oxygen atoms in total. The summed E-state index contributed by atoms with van der Waals surface area (Å²) < 4.78 is 46.5. The zero-order valence-corrected chi connectivity index (χ0v) is 22.1. The minimum Gasteiger partial charge on any atom is -0.376 e. The molecule has 1 saturated heterocycles. The van der Waals surface area contributed by atoms with Crippen LogP contribution in [0.25, 0.3) is 16.9 Å². The van der Waals surface area contributed by atoms with Crippen molar-refractivity contribution in [3.05, 3.63) is 66.4 Å². The van der Waals surface area contributed by atoms with Crippen molar-refractivity contribution < 1.29 is 27.5 Å². The quantitative estimate of drug-likeness (QED) is 0.413. The second kappa shape index (κ2) is 11.5. The molecule has 3 aromatic rings. The summed E-state index contributed by atoms with van der Waals surface area (Å²) in [6.07, 6.45) is -1.32. The molecule has 0 bridgehead atoms. The van der Waals surface area contributed by atoms with E-state index in [1.165, 1.54) is 21.6 Å². The number of ether oxygens (including phenoxy) is 1. The lowest BCUT2D eigenvalue weighted by atomic mass is 10.1. The third kappa shape index (κ3) is 7.60. The van der Waals surface area contributed by atoms with Crippen molar-refractivity contribution in [1.82, 2.24) is 19.8 Å². The molecule has 1 aliphatic rings. The van der Waals surface area contributed by atoms with Gasteiger partial charge in [0.2, 0.25) is 11.9 Å². The number of nitrogens with zero attached hydrogens (tertiary/aromatic N) is 3. The van der Waals surface area contributed by atoms with Gasteiger partial charge in [0, 0.05) is 36.1 Å². The molecular weight excluding hydrogens is 511 g/mol. The number of rotatable bonds is 7. The third-order valence-electron chi connectivity index (χ3n) is 6.05. The lowest BCUT2D eigenvalue weighted by molar-refractivity contribution is -0.137. The second-order valence-corrected chi connectivity index (χ2v) is 10.5. The summed E-state index contributed by atoms with van der Waals surface area (Å²) >= 11 is 0. The Bertz CT molecular complexity index is 1280. The van der Waals surface area contributed by atoms with Crippen LogP contribution in [0.1, 0.15) is 39.2 Å². The Balaban J connectivity index is 1.60. The first-order valence-corrected chi connectivity index (χ1v) is 12.7. The lowest BCUT2D eigenvalue weighted by Crippen LogP contribution is -2.52. The van der Waals surface area contributed by atoms with E-state index in [1.807, 2.05) is 51.1 Å². The Morgan fingerprint density at radius 1 is 1.08 bits per heavy atom. The topological polar surface area (TPSA) is 88.5 Å². The molecule has 2 aromatic carbocycles. The molecule has 2 N–H and O–H groups in total. The number of urea groups is 1. The predicted molar refractivity (Wildman–Crippen MR) is 141 cm³/mol. The van der Waals surface area contributed by atoms with E-state index in [1.54, 1.807) is 6.20 Å². The van der Waals surface area contributed by atoms with Crippen LogP contribution in [0, 0.1) is 0 Å². The largest absolute Gasteiger partial charge is 0.416 e. The molecule has 11 heteroatoms. The number of carbonyl (C=O) groups excluding carboxylic acids is 2. The molecule has 0 radical (unpaired) electrons. The first kappa shape index (κ1) is 28.2. The Labute approximate surface area is 225 Å². The van der Waals surface area contributed by atoms with Crippen LogP contribution in [0.15, 0.2) is 60.8 Å². The van der Waals surface area contributed by atoms with Crippen LogP contribution in [-0.2, 0) is 15.7 Å². The van der Waals surface area contributed by atoms with Crippen molar-refractivity contribution >= 4 is 17.9 Å². The van der Waals surface area contributed by atoms with E-state index >= 15 is 0 Å². The molecule has 0 saturated carbocycles. The molecule has 39 heavy (non-hydrogen) atoms. The molecule has 0 unspecified atom stereocenters. The van der Waals surface area contributed by atoms with E-state index in [4.69, 9.17) is 4.74 Å². The van der Waals surface area contributed by atoms with Gasteiger partial charge in [0.1, 0.15) is 6.54 Å². The monoisotopic (exact) mass is 543 g/mol. The number of hydrogen-bond donors (Lipinski definition) is 2. The highest BCUT2D eigenvalue weighted by atomic mass is 19.4. The number of anilines is 1. The summed E-state index contributed by atoms with van der Waals surface area (Å²) in [5.74, 6) is -0.387. The fourth-order valence-corrected chi connectivity index (χ4v) is 4.22. The van der Waals surface area contributed by atoms with Gasteiger partial charge in [-0.25, -0.2) is 9.78 Å². The van der Waals surface area contributed by atoms with Gasteiger partial charge in [-0.05, 0) is 57.9 Å². The molecule has 1 aliphatic heterocycles. The molecule has 1 atom stereocenters. The number of alkyl halides is 3. The summed E-state index contributed by atoms with van der Waals surface area (Å²) in [5.41, 5.74) is 0.381. The van der Waals surface area contributed by atoms with Gasteiger partial charge in [-0.1, -0.05) is 30.3 Å². The Morgan fingerprint density at radius 3 is 2.36 bits per heavy atom. The van der Waals surface area contributed by atoms with Crippen LogP contribution in [-0.4, -0.2) is 57.7 Å². The number of aromatic nitrogens is 2. The van der Waals surface area contributed by atoms with Gasteiger partial charge in [-0.3, -0.25) is 14.7 Å². The summed E-state index contributed by atoms with van der Waals surface area (Å²) in [6, 6.07) is 13.4. The van der Waals surface area contributed by atoms with Crippen molar-refractivity contribution in [1.29, 1.82) is 0 Å². The number of imidazole rings is 1. The summed E-state index contributed by atoms with van der Waals surface area (Å²) in [4.78, 5) is 32.1. The van der Waals surface area contributed by atoms with Crippen LogP contribution >= 0.6 is 0 Å². The van der Waals surface area contributed by atoms with Crippen LogP contribution in [0.4, 0.5) is 23.9 Å². The number of hydrogen-bond acceptors (Lipinski definition) is 4. The van der Waals surface area contributed by atoms with Gasteiger partial charge in [0.15, 0.2) is 0 Å². The Kier molecular flexibility index (Phi) is 8.29. The number of nitrogens with one attached hydrogen (secondary N) is 2. The fourth-order valence-electron chi connectivity index (χ4n) is 4.22. The van der Waals surface area contributed by atoms with E-state index in [2.05, 4.69) is 15.6 Å². The predicted octanol–water partition coefficient (Wildman–Crippen LogP) is 5.49. The van der Waals surface area contributed by atoms with Crippen molar-refractivity contribution in [2.24, 2.45) is 0 Å². The maximum atomic E-state index is 13.2. The highest BCUT2D eigenvalue weighted by Crippen LogP contribution is 2.31. The van der Waals surface area contributed by atoms with Crippen molar-refractivity contribution in [3.63, 3.8) is 0 Å². The number of carbonyl (C=O) groups is 2. The van der Waals surface area contributed by atoms with E-state index < -0.39 is 29.2 Å². The molecule has 4 rings (SSSR count). The molecule has 208 valence electrons. The summed E-state index contributed by atoms with van der Waals surface area (Å²) in [5, 5.41) is 5.63. The van der Waals surface area contributed by atoms with Crippen molar-refractivity contribution in [2.45, 2.75) is 51.4 Å². The molecular formula is C28H32F3N5O3. The number of benzene rings is 2. The molecule has 2 heterocycles. The standard InChI is InChI=1S/C28H32F3N5O3/c1-27(2,3)34-26(38)35(16-22-10-7-15-39-22)18-24(37)33-25-32-23(19-8-5-4-6-9-19)17-36(25)21-13-11-20(12-14-21)28(29,30)31/h4-6,8-9,11-14,17,22H,7,10,15-16,18H2,1-3H3,(H,34,38)(H,32,33,37)/t22-/m1/s1. The normalized spacial score (nSPS) is 15.7. The van der Waals surface area contributed by atoms with Crippen LogP contribution in [0.3, 0.4) is 0 Å². The maximum absolute atomic E-state index is 13.2. The smallest absolute Gasteiger partial charge is 0.376 e. The van der Waals surface area contributed by atoms with Gasteiger partial charge in [0.25, 0.3) is 0 Å². The minimum atomic E-state index is -4.47. The van der Waals surface area contributed by atoms with Gasteiger partial charge < -0.3 is 15.0 Å². The molecule has 1 aromatic heterocycles. The molecule has 1 fully saturated rings. The lowest BCUT2D eigenvalue weighted by Gasteiger charge is -2.29. The molecule has 0 aliphatic carbocycles. The van der Waals surface area contributed by atoms with Crippen LogP contribution < -0.4 is 10.6 Å². The number of halogens is 3. The van der Waals surface area contributed by atoms with Crippen molar-refractivity contribution in [3.8, 4) is 16.9 Å². The minimum absolute atomic E-state index is 0.118. The van der Waals surface area contributed by atoms with Crippen molar-refractivity contribution in [2.75, 3.05) is 25.0 Å². The number of amides is 3. The highest BCUT2D eigenvalue weighted by Gasteiger charge is 2.30. The zero-order chi connectivity index (χ0) is 28.2. The van der Waals surface area contributed by atoms with E-state index in [0.717, 1.165) is 30.5 Å². The third-order valence-corrected chi connectivity index (χ3v) is 6.05. The van der Waals surface area contributed by atoms with Crippen LogP contribution in [0.2, 0.25) is 0 Å². The zero-order valence-electron chi connectivity index (χ0n) is 22.1. The van der Waals surface area contributed by atoms with E-state index in [-0.39, 0.29) is 25.1 Å². The highest BCUT2D eigenvalue weighted by molar-refractivity contribution is 5.93. The Morgan fingerprint density at radius 2 is 1.77 bits per heavy atom. The van der Waals surface area contributed by atoms with E-state index in [0.29, 0.717) is 18.0 Å². The van der Waals surface area contributed by atoms with Crippen LogP contribution in [0.5, 0.6) is 0 Å². The summed E-state index contributed by atoms with van der Waals surface area (Å²) in [6.45, 7) is 6.14. The van der Waals surface area contributed by atoms with Gasteiger partial charge in [0.05, 0.1) is 17.4 Å². The first-order chi connectivity index (χ1) is 18.4. The molecule has 0 spiro atoms. The Hall–Kier alpha value is -3.86. The average molecular weight is 544 g/mol. The van der Waals surface area contributed by atoms with Gasteiger partial charge in [-0.2, -0.15) is 13.2 Å². The fraction of sp³-hybridized carbons (Fsp3) is 0.393. The maximum Gasteiger partial charge on any atom is 0.416 e. The van der Waals surface area contributed by atoms with Gasteiger partial charge in [-0.15, -0.1) is 0 Å². The summed E-state index contributed by atoms with van der Waals surface area (Å²) in [7, 11) is 0. The second-order valence-electron chi connectivity index (χ2n) is 10.5. The van der Waals surface area contributed by atoms with E-state index in [9.17, 15) is 22.8 Å². The molecule has 3 amide bonds. The average Bonchev–Trinajstić information content (AvgIpc) is 3.53. The first-order valence-electron chi connectivity index (χ1n) is 12.7. The SMILES string of the molecule is CC(C)(C)NC(=O)N(CC(=O)Nc1nc(-c2ccccc2)cn1-c1ccc(C(F)(F)F)cc1)C[C@H]1CCCO1.